The van der Waals surface area contributed by atoms with E-state index in [9.17, 15) is 23.3 Å². The van der Waals surface area contributed by atoms with Gasteiger partial charge in [-0.25, -0.2) is 8.42 Å². The fourth-order valence-corrected chi connectivity index (χ4v) is 4.94. The highest BCUT2D eigenvalue weighted by atomic mass is 35.5. The molecular weight excluding hydrogens is 408 g/mol. The van der Waals surface area contributed by atoms with Gasteiger partial charge < -0.3 is 10.6 Å². The largest absolute Gasteiger partial charge is 0.340 e. The van der Waals surface area contributed by atoms with Crippen molar-refractivity contribution in [3.8, 4) is 0 Å². The molecular formula is C17H27ClN4O5S. The van der Waals surface area contributed by atoms with Gasteiger partial charge in [-0.1, -0.05) is 26.0 Å². The third-order valence-corrected chi connectivity index (χ3v) is 7.35. The molecule has 0 atom stereocenters. The van der Waals surface area contributed by atoms with E-state index in [0.29, 0.717) is 12.8 Å². The molecule has 11 heteroatoms. The van der Waals surface area contributed by atoms with Crippen molar-refractivity contribution in [1.29, 1.82) is 0 Å². The molecule has 0 aliphatic carbocycles. The minimum atomic E-state index is -4.01. The molecule has 1 amide bonds. The molecule has 0 saturated carbocycles. The van der Waals surface area contributed by atoms with E-state index in [-0.39, 0.29) is 55.9 Å². The summed E-state index contributed by atoms with van der Waals surface area (Å²) in [6, 6.07) is 5.29. The van der Waals surface area contributed by atoms with Crippen molar-refractivity contribution in [2.75, 3.05) is 32.7 Å². The number of amides is 1. The molecule has 1 aliphatic heterocycles. The highest BCUT2D eigenvalue weighted by molar-refractivity contribution is 7.89. The molecule has 1 aromatic carbocycles. The lowest BCUT2D eigenvalue weighted by atomic mass is 9.81. The second-order valence-corrected chi connectivity index (χ2v) is 8.52. The maximum Gasteiger partial charge on any atom is 0.289 e. The number of nitro benzene ring substituents is 1. The molecule has 1 aliphatic rings. The van der Waals surface area contributed by atoms with Crippen LogP contribution in [-0.2, 0) is 14.8 Å². The summed E-state index contributed by atoms with van der Waals surface area (Å²) in [6.45, 7) is 4.74. The zero-order chi connectivity index (χ0) is 20.2. The summed E-state index contributed by atoms with van der Waals surface area (Å²) in [5.74, 6) is -0.0576. The van der Waals surface area contributed by atoms with Crippen LogP contribution in [0.2, 0.25) is 0 Å². The highest BCUT2D eigenvalue weighted by Gasteiger charge is 2.40. The lowest BCUT2D eigenvalue weighted by Crippen LogP contribution is -2.55. The summed E-state index contributed by atoms with van der Waals surface area (Å²) in [6.07, 6.45) is 1.24. The SMILES string of the molecule is CCC(CC)(CN)C(=O)N1CCN(S(=O)(=O)c2ccccc2[N+](=O)[O-])CC1.Cl. The third kappa shape index (κ3) is 4.45. The van der Waals surface area contributed by atoms with Crippen molar-refractivity contribution in [3.05, 3.63) is 34.4 Å². The van der Waals surface area contributed by atoms with Crippen molar-refractivity contribution in [2.45, 2.75) is 31.6 Å². The van der Waals surface area contributed by atoms with E-state index in [1.54, 1.807) is 4.90 Å². The molecule has 0 radical (unpaired) electrons. The van der Waals surface area contributed by atoms with Crippen LogP contribution in [-0.4, -0.2) is 61.2 Å². The van der Waals surface area contributed by atoms with Gasteiger partial charge in [0.25, 0.3) is 5.69 Å². The third-order valence-electron chi connectivity index (χ3n) is 5.40. The van der Waals surface area contributed by atoms with E-state index in [0.717, 1.165) is 0 Å². The lowest BCUT2D eigenvalue weighted by molar-refractivity contribution is -0.387. The van der Waals surface area contributed by atoms with Crippen LogP contribution in [0.4, 0.5) is 5.69 Å². The molecule has 1 fully saturated rings. The van der Waals surface area contributed by atoms with Gasteiger partial charge in [0.05, 0.1) is 10.3 Å². The van der Waals surface area contributed by atoms with Crippen LogP contribution in [0, 0.1) is 15.5 Å². The normalized spacial score (nSPS) is 15.8. The number of nitrogens with zero attached hydrogens (tertiary/aromatic N) is 3. The van der Waals surface area contributed by atoms with Crippen molar-refractivity contribution < 1.29 is 18.1 Å². The van der Waals surface area contributed by atoms with Crippen molar-refractivity contribution in [1.82, 2.24) is 9.21 Å². The molecule has 0 aromatic heterocycles. The molecule has 0 spiro atoms. The molecule has 0 bridgehead atoms. The number of hydrogen-bond donors (Lipinski definition) is 1. The fourth-order valence-electron chi connectivity index (χ4n) is 3.36. The molecule has 1 saturated heterocycles. The van der Waals surface area contributed by atoms with Gasteiger partial charge >= 0.3 is 0 Å². The number of para-hydroxylation sites is 1. The summed E-state index contributed by atoms with van der Waals surface area (Å²) in [7, 11) is -4.01. The van der Waals surface area contributed by atoms with Crippen LogP contribution in [0.25, 0.3) is 0 Å². The zero-order valence-electron chi connectivity index (χ0n) is 16.0. The first-order chi connectivity index (χ1) is 12.7. The van der Waals surface area contributed by atoms with E-state index in [1.165, 1.54) is 28.6 Å². The Morgan fingerprint density at radius 3 is 2.18 bits per heavy atom. The Labute approximate surface area is 171 Å². The van der Waals surface area contributed by atoms with E-state index in [4.69, 9.17) is 5.73 Å². The van der Waals surface area contributed by atoms with Crippen molar-refractivity contribution in [3.63, 3.8) is 0 Å². The summed E-state index contributed by atoms with van der Waals surface area (Å²) < 4.78 is 26.9. The summed E-state index contributed by atoms with van der Waals surface area (Å²) in [5.41, 5.74) is 4.76. The van der Waals surface area contributed by atoms with Crippen LogP contribution in [0.5, 0.6) is 0 Å². The smallest absolute Gasteiger partial charge is 0.289 e. The van der Waals surface area contributed by atoms with E-state index < -0.39 is 26.0 Å². The average Bonchev–Trinajstić information content (AvgIpc) is 2.69. The monoisotopic (exact) mass is 434 g/mol. The number of benzene rings is 1. The van der Waals surface area contributed by atoms with Crippen molar-refractivity contribution in [2.24, 2.45) is 11.1 Å². The van der Waals surface area contributed by atoms with Crippen LogP contribution in [0.1, 0.15) is 26.7 Å². The van der Waals surface area contributed by atoms with Gasteiger partial charge in [-0.2, -0.15) is 4.31 Å². The quantitative estimate of drug-likeness (QED) is 0.513. The Bertz CT molecular complexity index is 797. The predicted octanol–water partition coefficient (Wildman–Crippen LogP) is 1.61. The molecule has 2 N–H and O–H groups in total. The Morgan fingerprint density at radius 2 is 1.71 bits per heavy atom. The number of rotatable bonds is 7. The molecule has 2 rings (SSSR count). The van der Waals surface area contributed by atoms with E-state index in [1.807, 2.05) is 13.8 Å². The average molecular weight is 435 g/mol. The maximum absolute atomic E-state index is 12.9. The summed E-state index contributed by atoms with van der Waals surface area (Å²) in [5, 5.41) is 11.2. The molecule has 0 unspecified atom stereocenters. The number of nitro groups is 1. The highest BCUT2D eigenvalue weighted by Crippen LogP contribution is 2.30. The zero-order valence-corrected chi connectivity index (χ0v) is 17.7. The Balaban J connectivity index is 0.00000392. The number of sulfonamides is 1. The fraction of sp³-hybridized carbons (Fsp3) is 0.588. The molecule has 1 aromatic rings. The first-order valence-electron chi connectivity index (χ1n) is 8.96. The Kier molecular flexibility index (Phi) is 8.36. The van der Waals surface area contributed by atoms with Crippen LogP contribution in [0.3, 0.4) is 0 Å². The molecule has 1 heterocycles. The van der Waals surface area contributed by atoms with Gasteiger partial charge in [0.1, 0.15) is 0 Å². The number of halogens is 1. The second-order valence-electron chi connectivity index (χ2n) is 6.61. The summed E-state index contributed by atoms with van der Waals surface area (Å²) >= 11 is 0. The first kappa shape index (κ1) is 24.3. The van der Waals surface area contributed by atoms with Gasteiger partial charge in [-0.3, -0.25) is 14.9 Å². The number of piperazine rings is 1. The topological polar surface area (TPSA) is 127 Å². The second kappa shape index (κ2) is 9.64. The van der Waals surface area contributed by atoms with Crippen molar-refractivity contribution >= 4 is 34.0 Å². The number of nitrogens with two attached hydrogens (primary N) is 1. The Morgan fingerprint density at radius 1 is 1.18 bits per heavy atom. The number of hydrogen-bond acceptors (Lipinski definition) is 6. The van der Waals surface area contributed by atoms with Gasteiger partial charge in [-0.05, 0) is 18.9 Å². The van der Waals surface area contributed by atoms with Crippen LogP contribution in [0.15, 0.2) is 29.2 Å². The van der Waals surface area contributed by atoms with Crippen LogP contribution < -0.4 is 5.73 Å². The molecule has 9 nitrogen and oxygen atoms in total. The van der Waals surface area contributed by atoms with Gasteiger partial charge in [0.2, 0.25) is 15.9 Å². The lowest BCUT2D eigenvalue weighted by Gasteiger charge is -2.39. The minimum Gasteiger partial charge on any atom is -0.340 e. The number of carbonyl (C=O) groups is 1. The molecule has 158 valence electrons. The molecule has 28 heavy (non-hydrogen) atoms. The maximum atomic E-state index is 12.9. The van der Waals surface area contributed by atoms with Gasteiger partial charge in [0.15, 0.2) is 4.90 Å². The first-order valence-corrected chi connectivity index (χ1v) is 10.4. The number of carbonyl (C=O) groups excluding carboxylic acids is 1. The van der Waals surface area contributed by atoms with E-state index >= 15 is 0 Å². The van der Waals surface area contributed by atoms with Gasteiger partial charge in [0, 0.05) is 38.8 Å². The Hall–Kier alpha value is -1.75. The van der Waals surface area contributed by atoms with E-state index in [2.05, 4.69) is 0 Å². The summed E-state index contributed by atoms with van der Waals surface area (Å²) in [4.78, 5) is 24.6. The standard InChI is InChI=1S/C17H26N4O5S.ClH/c1-3-17(4-2,13-18)16(22)19-9-11-20(12-10-19)27(25,26)15-8-6-5-7-14(15)21(23)24;/h5-8H,3-4,9-13,18H2,1-2H3;1H. The van der Waals surface area contributed by atoms with Crippen LogP contribution >= 0.6 is 12.4 Å². The minimum absolute atomic E-state index is 0. The van der Waals surface area contributed by atoms with Gasteiger partial charge in [-0.15, -0.1) is 12.4 Å². The predicted molar refractivity (Wildman–Crippen MR) is 108 cm³/mol.